The molecule has 0 aromatic rings. The molecule has 0 rings (SSSR count). The molecule has 0 saturated carbocycles. The van der Waals surface area contributed by atoms with E-state index in [1.165, 1.54) is 0 Å². The van der Waals surface area contributed by atoms with E-state index in [-0.39, 0.29) is 12.1 Å². The number of hydrogen-bond acceptors (Lipinski definition) is 2. The largest absolute Gasteiger partial charge is 0.366 e. The first-order chi connectivity index (χ1) is 4.59. The van der Waals surface area contributed by atoms with Crippen molar-refractivity contribution in [2.45, 2.75) is 33.6 Å². The Labute approximate surface area is 68.2 Å². The first-order valence-corrected chi connectivity index (χ1v) is 3.55. The summed E-state index contributed by atoms with van der Waals surface area (Å²) in [6, 6.07) is 0. The minimum Gasteiger partial charge on any atom is -0.366 e. The second kappa shape index (κ2) is 5.92. The van der Waals surface area contributed by atoms with E-state index in [0.717, 1.165) is 18.4 Å². The average Bonchev–Trinajstić information content (AvgIpc) is 1.87. The summed E-state index contributed by atoms with van der Waals surface area (Å²) in [5.41, 5.74) is 6.89. The summed E-state index contributed by atoms with van der Waals surface area (Å²) in [4.78, 5) is 10.6. The summed E-state index contributed by atoms with van der Waals surface area (Å²) in [7, 11) is 0. The van der Waals surface area contributed by atoms with Crippen LogP contribution in [0.2, 0.25) is 0 Å². The minimum atomic E-state index is -0.300. The number of carbonyl (C=O) groups excluding carboxylic acids is 1. The van der Waals surface area contributed by atoms with Crippen molar-refractivity contribution in [3.63, 3.8) is 0 Å². The molecule has 0 heterocycles. The minimum absolute atomic E-state index is 0. The highest BCUT2D eigenvalue weighted by atomic mass is 16.1. The number of primary amides is 1. The summed E-state index contributed by atoms with van der Waals surface area (Å²) in [5.74, 6) is -0.300. The Morgan fingerprint density at radius 1 is 1.36 bits per heavy atom. The van der Waals surface area contributed by atoms with E-state index >= 15 is 0 Å². The molecule has 0 aliphatic rings. The van der Waals surface area contributed by atoms with Crippen molar-refractivity contribution in [2.24, 2.45) is 5.73 Å². The second-order valence-corrected chi connectivity index (χ2v) is 2.52. The molecule has 0 aromatic heterocycles. The summed E-state index contributed by atoms with van der Waals surface area (Å²) >= 11 is 0. The van der Waals surface area contributed by atoms with Gasteiger partial charge in [-0.3, -0.25) is 4.79 Å². The second-order valence-electron chi connectivity index (χ2n) is 2.52. The standard InChI is InChI=1S/C8H15NO.H3N/c1-4-5-6(2)7(3)8(9)10;/h4-5H2,1-3H3,(H2,9,10);1H3. The van der Waals surface area contributed by atoms with Gasteiger partial charge in [-0.05, 0) is 20.3 Å². The van der Waals surface area contributed by atoms with Crippen LogP contribution < -0.4 is 11.9 Å². The zero-order valence-corrected chi connectivity index (χ0v) is 7.61. The van der Waals surface area contributed by atoms with Crippen molar-refractivity contribution in [2.75, 3.05) is 0 Å². The van der Waals surface area contributed by atoms with Crippen LogP contribution in [0.4, 0.5) is 0 Å². The fourth-order valence-corrected chi connectivity index (χ4v) is 0.773. The first kappa shape index (κ1) is 12.8. The number of amides is 1. The number of allylic oxidation sites excluding steroid dienone is 1. The molecular formula is C8H18N2O. The van der Waals surface area contributed by atoms with Gasteiger partial charge in [0.2, 0.25) is 5.91 Å². The molecule has 3 heteroatoms. The van der Waals surface area contributed by atoms with Gasteiger partial charge < -0.3 is 11.9 Å². The first-order valence-electron chi connectivity index (χ1n) is 3.55. The Balaban J connectivity index is 0. The molecule has 0 fully saturated rings. The van der Waals surface area contributed by atoms with Crippen LogP contribution >= 0.6 is 0 Å². The molecule has 0 unspecified atom stereocenters. The summed E-state index contributed by atoms with van der Waals surface area (Å²) in [5, 5.41) is 0. The Bertz CT molecular complexity index is 161. The van der Waals surface area contributed by atoms with E-state index in [0.29, 0.717) is 5.57 Å². The van der Waals surface area contributed by atoms with Gasteiger partial charge in [-0.25, -0.2) is 0 Å². The van der Waals surface area contributed by atoms with Crippen molar-refractivity contribution in [3.8, 4) is 0 Å². The van der Waals surface area contributed by atoms with E-state index in [1.807, 2.05) is 6.92 Å². The van der Waals surface area contributed by atoms with E-state index in [9.17, 15) is 4.79 Å². The SMILES string of the molecule is CCCC(C)=C(C)C(N)=O.N. The molecule has 0 aliphatic heterocycles. The molecule has 0 aliphatic carbocycles. The molecule has 0 aromatic carbocycles. The predicted octanol–water partition coefficient (Wildman–Crippen LogP) is 1.77. The molecule has 0 spiro atoms. The Hall–Kier alpha value is -0.830. The Kier molecular flexibility index (Phi) is 6.89. The van der Waals surface area contributed by atoms with Crippen molar-refractivity contribution < 1.29 is 4.79 Å². The number of hydrogen-bond donors (Lipinski definition) is 2. The Morgan fingerprint density at radius 2 is 1.82 bits per heavy atom. The highest BCUT2D eigenvalue weighted by Crippen LogP contribution is 2.08. The molecule has 0 atom stereocenters. The third-order valence-corrected chi connectivity index (χ3v) is 1.63. The monoisotopic (exact) mass is 158 g/mol. The lowest BCUT2D eigenvalue weighted by Gasteiger charge is -2.00. The van der Waals surface area contributed by atoms with Gasteiger partial charge in [-0.15, -0.1) is 0 Å². The third-order valence-electron chi connectivity index (χ3n) is 1.63. The smallest absolute Gasteiger partial charge is 0.244 e. The van der Waals surface area contributed by atoms with Gasteiger partial charge >= 0.3 is 0 Å². The van der Waals surface area contributed by atoms with E-state index in [1.54, 1.807) is 6.92 Å². The third kappa shape index (κ3) is 4.56. The van der Waals surface area contributed by atoms with Crippen LogP contribution in [0.25, 0.3) is 0 Å². The van der Waals surface area contributed by atoms with Gasteiger partial charge in [0.25, 0.3) is 0 Å². The molecule has 11 heavy (non-hydrogen) atoms. The fourth-order valence-electron chi connectivity index (χ4n) is 0.773. The maximum absolute atomic E-state index is 10.6. The van der Waals surface area contributed by atoms with Gasteiger partial charge in [-0.2, -0.15) is 0 Å². The molecule has 0 saturated heterocycles. The van der Waals surface area contributed by atoms with Gasteiger partial charge in [0.05, 0.1) is 0 Å². The van der Waals surface area contributed by atoms with Crippen molar-refractivity contribution >= 4 is 5.91 Å². The molecular weight excluding hydrogens is 140 g/mol. The van der Waals surface area contributed by atoms with Crippen molar-refractivity contribution in [3.05, 3.63) is 11.1 Å². The lowest BCUT2D eigenvalue weighted by molar-refractivity contribution is -0.114. The number of carbonyl (C=O) groups is 1. The van der Waals surface area contributed by atoms with Crippen LogP contribution in [-0.2, 0) is 4.79 Å². The van der Waals surface area contributed by atoms with Crippen molar-refractivity contribution in [1.82, 2.24) is 6.15 Å². The quantitative estimate of drug-likeness (QED) is 0.614. The molecule has 5 N–H and O–H groups in total. The van der Waals surface area contributed by atoms with Gasteiger partial charge in [0, 0.05) is 5.57 Å². The van der Waals surface area contributed by atoms with Crippen LogP contribution in [0.5, 0.6) is 0 Å². The van der Waals surface area contributed by atoms with Crippen LogP contribution in [0.1, 0.15) is 33.6 Å². The number of nitrogens with two attached hydrogens (primary N) is 1. The van der Waals surface area contributed by atoms with Crippen LogP contribution in [0.15, 0.2) is 11.1 Å². The maximum atomic E-state index is 10.6. The van der Waals surface area contributed by atoms with E-state index < -0.39 is 0 Å². The Morgan fingerprint density at radius 3 is 2.09 bits per heavy atom. The summed E-state index contributed by atoms with van der Waals surface area (Å²) in [6.07, 6.45) is 2.03. The molecule has 3 nitrogen and oxygen atoms in total. The maximum Gasteiger partial charge on any atom is 0.244 e. The predicted molar refractivity (Wildman–Crippen MR) is 47.5 cm³/mol. The zero-order valence-electron chi connectivity index (χ0n) is 7.61. The normalized spacial score (nSPS) is 11.5. The molecule has 66 valence electrons. The van der Waals surface area contributed by atoms with E-state index in [4.69, 9.17) is 5.73 Å². The topological polar surface area (TPSA) is 78.1 Å². The van der Waals surface area contributed by atoms with Crippen LogP contribution in [-0.4, -0.2) is 5.91 Å². The number of rotatable bonds is 3. The van der Waals surface area contributed by atoms with E-state index in [2.05, 4.69) is 6.92 Å². The van der Waals surface area contributed by atoms with Gasteiger partial charge in [0.1, 0.15) is 0 Å². The van der Waals surface area contributed by atoms with Gasteiger partial charge in [0.15, 0.2) is 0 Å². The van der Waals surface area contributed by atoms with Crippen molar-refractivity contribution in [1.29, 1.82) is 0 Å². The zero-order chi connectivity index (χ0) is 8.15. The summed E-state index contributed by atoms with van der Waals surface area (Å²) in [6.45, 7) is 5.80. The highest BCUT2D eigenvalue weighted by Gasteiger charge is 2.00. The lowest BCUT2D eigenvalue weighted by atomic mass is 10.1. The lowest BCUT2D eigenvalue weighted by Crippen LogP contribution is -2.13. The molecule has 0 radical (unpaired) electrons. The molecule has 1 amide bonds. The summed E-state index contributed by atoms with van der Waals surface area (Å²) < 4.78 is 0. The average molecular weight is 158 g/mol. The van der Waals surface area contributed by atoms with Crippen LogP contribution in [0, 0.1) is 0 Å². The van der Waals surface area contributed by atoms with Crippen LogP contribution in [0.3, 0.4) is 0 Å². The highest BCUT2D eigenvalue weighted by molar-refractivity contribution is 5.91. The molecule has 0 bridgehead atoms. The van der Waals surface area contributed by atoms with Gasteiger partial charge in [-0.1, -0.05) is 18.9 Å². The fraction of sp³-hybridized carbons (Fsp3) is 0.625.